The molecule has 0 N–H and O–H groups in total. The lowest BCUT2D eigenvalue weighted by atomic mass is 9.95. The molecule has 0 aromatic heterocycles. The Balaban J connectivity index is 1.63. The van der Waals surface area contributed by atoms with Gasteiger partial charge in [-0.1, -0.05) is 12.1 Å². The predicted octanol–water partition coefficient (Wildman–Crippen LogP) is 3.85. The molecule has 2 fully saturated rings. The maximum absolute atomic E-state index is 13.5. The van der Waals surface area contributed by atoms with Gasteiger partial charge in [0, 0.05) is 38.7 Å². The summed E-state index contributed by atoms with van der Waals surface area (Å²) in [5, 5.41) is 0. The van der Waals surface area contributed by atoms with Crippen LogP contribution in [0.3, 0.4) is 0 Å². The first-order chi connectivity index (χ1) is 14.7. The Morgan fingerprint density at radius 2 is 1.94 bits per heavy atom. The quantitative estimate of drug-likeness (QED) is 0.683. The zero-order valence-electron chi connectivity index (χ0n) is 19.3. The van der Waals surface area contributed by atoms with Crippen LogP contribution in [0.15, 0.2) is 24.3 Å². The van der Waals surface area contributed by atoms with Crippen molar-refractivity contribution in [1.82, 2.24) is 9.80 Å². The highest BCUT2D eigenvalue weighted by molar-refractivity contribution is 5.79. The number of carbonyl (C=O) groups excluding carboxylic acids is 2. The number of hydrogen-bond donors (Lipinski definition) is 0. The Labute approximate surface area is 185 Å². The van der Waals surface area contributed by atoms with Crippen molar-refractivity contribution in [3.63, 3.8) is 0 Å². The maximum Gasteiger partial charge on any atom is 0.410 e. The fourth-order valence-electron chi connectivity index (χ4n) is 4.15. The summed E-state index contributed by atoms with van der Waals surface area (Å²) < 4.78 is 16.6. The predicted molar refractivity (Wildman–Crippen MR) is 118 cm³/mol. The molecule has 0 radical (unpaired) electrons. The molecule has 7 heteroatoms. The summed E-state index contributed by atoms with van der Waals surface area (Å²) in [6.45, 7) is 8.56. The van der Waals surface area contributed by atoms with Crippen LogP contribution in [-0.4, -0.2) is 66.9 Å². The first-order valence-electron chi connectivity index (χ1n) is 11.3. The fraction of sp³-hybridized carbons (Fsp3) is 0.667. The monoisotopic (exact) mass is 432 g/mol. The molecular weight excluding hydrogens is 396 g/mol. The summed E-state index contributed by atoms with van der Waals surface area (Å²) in [7, 11) is 1.65. The van der Waals surface area contributed by atoms with E-state index >= 15 is 0 Å². The summed E-state index contributed by atoms with van der Waals surface area (Å²) in [6.07, 6.45) is 3.12. The standard InChI is InChI=1S/C24H36N2O5/c1-24(2,3)31-23(28)25-12-10-19(11-13-25)22(27)26(17-21-9-6-14-30-21)16-18-7-5-8-20(15-18)29-4/h5,7-8,15,19,21H,6,9-14,16-17H2,1-4H3. The zero-order valence-corrected chi connectivity index (χ0v) is 19.3. The number of nitrogens with zero attached hydrogens (tertiary/aromatic N) is 2. The number of piperidine rings is 1. The van der Waals surface area contributed by atoms with Crippen LogP contribution in [0.1, 0.15) is 52.0 Å². The van der Waals surface area contributed by atoms with Crippen LogP contribution < -0.4 is 4.74 Å². The van der Waals surface area contributed by atoms with E-state index in [4.69, 9.17) is 14.2 Å². The Kier molecular flexibility index (Phi) is 7.81. The Bertz CT molecular complexity index is 747. The van der Waals surface area contributed by atoms with Crippen LogP contribution in [0.25, 0.3) is 0 Å². The van der Waals surface area contributed by atoms with Gasteiger partial charge < -0.3 is 24.0 Å². The largest absolute Gasteiger partial charge is 0.497 e. The van der Waals surface area contributed by atoms with E-state index in [2.05, 4.69) is 0 Å². The van der Waals surface area contributed by atoms with E-state index in [1.54, 1.807) is 12.0 Å². The average Bonchev–Trinajstić information content (AvgIpc) is 3.25. The second kappa shape index (κ2) is 10.4. The second-order valence-electron chi connectivity index (χ2n) is 9.45. The molecule has 2 amide bonds. The van der Waals surface area contributed by atoms with E-state index in [0.29, 0.717) is 39.0 Å². The van der Waals surface area contributed by atoms with Crippen molar-refractivity contribution in [3.8, 4) is 5.75 Å². The van der Waals surface area contributed by atoms with Gasteiger partial charge in [0.2, 0.25) is 5.91 Å². The molecule has 2 aliphatic rings. The molecular formula is C24H36N2O5. The van der Waals surface area contributed by atoms with Crippen LogP contribution >= 0.6 is 0 Å². The van der Waals surface area contributed by atoms with Crippen molar-refractivity contribution >= 4 is 12.0 Å². The molecule has 0 aliphatic carbocycles. The van der Waals surface area contributed by atoms with Gasteiger partial charge in [-0.15, -0.1) is 0 Å². The minimum atomic E-state index is -0.515. The Morgan fingerprint density at radius 3 is 2.55 bits per heavy atom. The van der Waals surface area contributed by atoms with Gasteiger partial charge in [-0.2, -0.15) is 0 Å². The van der Waals surface area contributed by atoms with Crippen LogP contribution in [-0.2, 0) is 20.8 Å². The number of carbonyl (C=O) groups is 2. The van der Waals surface area contributed by atoms with Gasteiger partial charge in [0.1, 0.15) is 11.4 Å². The lowest BCUT2D eigenvalue weighted by Gasteiger charge is -2.35. The van der Waals surface area contributed by atoms with Crippen LogP contribution in [0.2, 0.25) is 0 Å². The molecule has 0 bridgehead atoms. The van der Waals surface area contributed by atoms with Gasteiger partial charge in [-0.05, 0) is 64.2 Å². The number of ether oxygens (including phenoxy) is 3. The topological polar surface area (TPSA) is 68.3 Å². The number of likely N-dealkylation sites (tertiary alicyclic amines) is 1. The Hall–Kier alpha value is -2.28. The molecule has 0 saturated carbocycles. The molecule has 0 spiro atoms. The minimum absolute atomic E-state index is 0.0919. The molecule has 3 rings (SSSR count). The van der Waals surface area contributed by atoms with Gasteiger partial charge in [-0.25, -0.2) is 4.79 Å². The third-order valence-corrected chi connectivity index (χ3v) is 5.76. The summed E-state index contributed by atoms with van der Waals surface area (Å²) in [6, 6.07) is 7.84. The van der Waals surface area contributed by atoms with Gasteiger partial charge in [0.05, 0.1) is 13.2 Å². The maximum atomic E-state index is 13.5. The van der Waals surface area contributed by atoms with E-state index < -0.39 is 5.60 Å². The molecule has 1 atom stereocenters. The van der Waals surface area contributed by atoms with Crippen molar-refractivity contribution in [2.75, 3.05) is 33.4 Å². The number of rotatable bonds is 6. The smallest absolute Gasteiger partial charge is 0.410 e. The highest BCUT2D eigenvalue weighted by Crippen LogP contribution is 2.25. The lowest BCUT2D eigenvalue weighted by molar-refractivity contribution is -0.139. The summed E-state index contributed by atoms with van der Waals surface area (Å²) in [5.74, 6) is 0.834. The van der Waals surface area contributed by atoms with Crippen molar-refractivity contribution < 1.29 is 23.8 Å². The molecule has 7 nitrogen and oxygen atoms in total. The van der Waals surface area contributed by atoms with Crippen LogP contribution in [0.4, 0.5) is 4.79 Å². The second-order valence-corrected chi connectivity index (χ2v) is 9.45. The van der Waals surface area contributed by atoms with E-state index in [-0.39, 0.29) is 24.0 Å². The molecule has 2 saturated heterocycles. The van der Waals surface area contributed by atoms with Gasteiger partial charge in [0.25, 0.3) is 0 Å². The van der Waals surface area contributed by atoms with Crippen molar-refractivity contribution in [2.24, 2.45) is 5.92 Å². The third-order valence-electron chi connectivity index (χ3n) is 5.76. The van der Waals surface area contributed by atoms with Crippen molar-refractivity contribution in [1.29, 1.82) is 0 Å². The van der Waals surface area contributed by atoms with E-state index in [0.717, 1.165) is 30.8 Å². The van der Waals surface area contributed by atoms with E-state index in [1.807, 2.05) is 49.9 Å². The van der Waals surface area contributed by atoms with Gasteiger partial charge >= 0.3 is 6.09 Å². The SMILES string of the molecule is COc1cccc(CN(CC2CCCO2)C(=O)C2CCN(C(=O)OC(C)(C)C)CC2)c1. The molecule has 1 aromatic carbocycles. The fourth-order valence-corrected chi connectivity index (χ4v) is 4.15. The van der Waals surface area contributed by atoms with Crippen LogP contribution in [0.5, 0.6) is 5.75 Å². The van der Waals surface area contributed by atoms with E-state index in [1.165, 1.54) is 0 Å². The summed E-state index contributed by atoms with van der Waals surface area (Å²) in [5.41, 5.74) is 0.523. The minimum Gasteiger partial charge on any atom is -0.497 e. The van der Waals surface area contributed by atoms with Crippen molar-refractivity contribution in [3.05, 3.63) is 29.8 Å². The number of methoxy groups -OCH3 is 1. The highest BCUT2D eigenvalue weighted by Gasteiger charge is 2.33. The highest BCUT2D eigenvalue weighted by atomic mass is 16.6. The number of amides is 2. The lowest BCUT2D eigenvalue weighted by Crippen LogP contribution is -2.47. The molecule has 172 valence electrons. The van der Waals surface area contributed by atoms with Crippen molar-refractivity contribution in [2.45, 2.75) is 64.7 Å². The molecule has 1 unspecified atom stereocenters. The van der Waals surface area contributed by atoms with E-state index in [9.17, 15) is 9.59 Å². The van der Waals surface area contributed by atoms with Crippen LogP contribution in [0, 0.1) is 5.92 Å². The number of benzene rings is 1. The van der Waals surface area contributed by atoms with Gasteiger partial charge in [-0.3, -0.25) is 4.79 Å². The zero-order chi connectivity index (χ0) is 22.4. The molecule has 31 heavy (non-hydrogen) atoms. The first-order valence-corrected chi connectivity index (χ1v) is 11.3. The first kappa shape index (κ1) is 23.4. The number of hydrogen-bond acceptors (Lipinski definition) is 5. The normalized spacial score (nSPS) is 19.9. The molecule has 2 heterocycles. The average molecular weight is 433 g/mol. The third kappa shape index (κ3) is 6.86. The summed E-state index contributed by atoms with van der Waals surface area (Å²) in [4.78, 5) is 29.4. The Morgan fingerprint density at radius 1 is 1.19 bits per heavy atom. The summed E-state index contributed by atoms with van der Waals surface area (Å²) >= 11 is 0. The molecule has 1 aromatic rings. The van der Waals surface area contributed by atoms with Gasteiger partial charge in [0.15, 0.2) is 0 Å². The molecule has 2 aliphatic heterocycles.